The first-order valence-electron chi connectivity index (χ1n) is 7.42. The number of alkyl halides is 1. The molecule has 1 saturated carbocycles. The van der Waals surface area contributed by atoms with Crippen LogP contribution >= 0.6 is 15.9 Å². The van der Waals surface area contributed by atoms with Crippen molar-refractivity contribution in [2.24, 2.45) is 11.8 Å². The zero-order valence-electron chi connectivity index (χ0n) is 11.8. The number of rotatable bonds is 5. The lowest BCUT2D eigenvalue weighted by Crippen LogP contribution is -2.46. The molecule has 0 aromatic rings. The molecule has 1 amide bonds. The van der Waals surface area contributed by atoms with Crippen molar-refractivity contribution in [3.8, 4) is 0 Å². The summed E-state index contributed by atoms with van der Waals surface area (Å²) in [6.45, 7) is 2.63. The molecule has 2 aliphatic rings. The smallest absolute Gasteiger partial charge is 0.407 e. The van der Waals surface area contributed by atoms with E-state index in [0.717, 1.165) is 17.9 Å². The van der Waals surface area contributed by atoms with E-state index in [1.807, 2.05) is 0 Å². The van der Waals surface area contributed by atoms with Crippen molar-refractivity contribution in [2.45, 2.75) is 31.8 Å². The van der Waals surface area contributed by atoms with Crippen LogP contribution in [0, 0.1) is 11.8 Å². The number of hydrogen-bond donors (Lipinski definition) is 1. The van der Waals surface area contributed by atoms with Gasteiger partial charge in [-0.25, -0.2) is 4.79 Å². The fourth-order valence-electron chi connectivity index (χ4n) is 2.91. The van der Waals surface area contributed by atoms with E-state index in [1.165, 1.54) is 30.6 Å². The molecule has 1 atom stereocenters. The average molecular weight is 350 g/mol. The molecule has 0 aromatic carbocycles. The zero-order chi connectivity index (χ0) is 14.4. The predicted molar refractivity (Wildman–Crippen MR) is 79.4 cm³/mol. The molecule has 2 fully saturated rings. The highest BCUT2D eigenvalue weighted by molar-refractivity contribution is 9.09. The van der Waals surface area contributed by atoms with E-state index in [-0.39, 0.29) is 6.10 Å². The Bertz CT molecular complexity index is 308. The first-order valence-corrected chi connectivity index (χ1v) is 8.54. The van der Waals surface area contributed by atoms with Gasteiger partial charge in [0.05, 0.1) is 25.9 Å². The van der Waals surface area contributed by atoms with Crippen molar-refractivity contribution in [3.05, 3.63) is 0 Å². The summed E-state index contributed by atoms with van der Waals surface area (Å²) < 4.78 is 11.3. The van der Waals surface area contributed by atoms with Crippen molar-refractivity contribution in [1.29, 1.82) is 0 Å². The molecule has 20 heavy (non-hydrogen) atoms. The van der Waals surface area contributed by atoms with Crippen molar-refractivity contribution in [1.82, 2.24) is 4.90 Å². The Balaban J connectivity index is 1.60. The molecule has 5 nitrogen and oxygen atoms in total. The van der Waals surface area contributed by atoms with Crippen molar-refractivity contribution >= 4 is 22.0 Å². The highest BCUT2D eigenvalue weighted by atomic mass is 79.9. The molecular weight excluding hydrogens is 326 g/mol. The van der Waals surface area contributed by atoms with Gasteiger partial charge in [-0.15, -0.1) is 0 Å². The number of hydrogen-bond acceptors (Lipinski definition) is 3. The Hall–Kier alpha value is -0.330. The Morgan fingerprint density at radius 3 is 2.60 bits per heavy atom. The summed E-state index contributed by atoms with van der Waals surface area (Å²) in [4.78, 5) is 12.3. The number of amides is 1. The normalized spacial score (nSPS) is 31.2. The first kappa shape index (κ1) is 16.0. The van der Waals surface area contributed by atoms with Gasteiger partial charge in [0.2, 0.25) is 0 Å². The van der Waals surface area contributed by atoms with Gasteiger partial charge >= 0.3 is 6.09 Å². The Morgan fingerprint density at radius 1 is 1.25 bits per heavy atom. The maximum atomic E-state index is 10.9. The molecular formula is C14H24BrNO4. The van der Waals surface area contributed by atoms with E-state index in [2.05, 4.69) is 15.9 Å². The standard InChI is InChI=1S/C14H24BrNO4/c15-7-11-1-3-12(4-2-11)9-19-10-13-8-16(14(17)18)5-6-20-13/h11-13H,1-10H2,(H,17,18). The fraction of sp³-hybridized carbons (Fsp3) is 0.929. The van der Waals surface area contributed by atoms with Gasteiger partial charge in [0, 0.05) is 18.5 Å². The lowest BCUT2D eigenvalue weighted by Gasteiger charge is -2.32. The fourth-order valence-corrected chi connectivity index (χ4v) is 3.56. The Morgan fingerprint density at radius 2 is 1.95 bits per heavy atom. The molecule has 1 heterocycles. The summed E-state index contributed by atoms with van der Waals surface area (Å²) in [5, 5.41) is 10.1. The average Bonchev–Trinajstić information content (AvgIpc) is 2.48. The van der Waals surface area contributed by atoms with Crippen molar-refractivity contribution < 1.29 is 19.4 Å². The van der Waals surface area contributed by atoms with E-state index in [4.69, 9.17) is 14.6 Å². The maximum Gasteiger partial charge on any atom is 0.407 e. The van der Waals surface area contributed by atoms with Crippen LogP contribution in [-0.4, -0.2) is 60.4 Å². The number of ether oxygens (including phenoxy) is 2. The molecule has 0 bridgehead atoms. The minimum absolute atomic E-state index is 0.112. The minimum Gasteiger partial charge on any atom is -0.465 e. The Labute approximate surface area is 128 Å². The van der Waals surface area contributed by atoms with Gasteiger partial charge < -0.3 is 19.5 Å². The summed E-state index contributed by atoms with van der Waals surface area (Å²) in [5.41, 5.74) is 0. The number of carboxylic acid groups (broad SMARTS) is 1. The van der Waals surface area contributed by atoms with Gasteiger partial charge in [0.15, 0.2) is 0 Å². The van der Waals surface area contributed by atoms with E-state index in [0.29, 0.717) is 32.2 Å². The second-order valence-electron chi connectivity index (χ2n) is 5.80. The molecule has 1 unspecified atom stereocenters. The molecule has 2 rings (SSSR count). The van der Waals surface area contributed by atoms with Gasteiger partial charge in [0.1, 0.15) is 0 Å². The van der Waals surface area contributed by atoms with E-state index in [1.54, 1.807) is 0 Å². The zero-order valence-corrected chi connectivity index (χ0v) is 13.4. The molecule has 1 aliphatic carbocycles. The number of halogens is 1. The second-order valence-corrected chi connectivity index (χ2v) is 6.45. The van der Waals surface area contributed by atoms with Crippen LogP contribution in [0.15, 0.2) is 0 Å². The molecule has 0 spiro atoms. The third-order valence-electron chi connectivity index (χ3n) is 4.25. The van der Waals surface area contributed by atoms with Gasteiger partial charge in [-0.2, -0.15) is 0 Å². The molecule has 116 valence electrons. The van der Waals surface area contributed by atoms with Crippen LogP contribution in [0.4, 0.5) is 4.79 Å². The molecule has 1 N–H and O–H groups in total. The molecule has 1 saturated heterocycles. The van der Waals surface area contributed by atoms with Crippen LogP contribution in [0.2, 0.25) is 0 Å². The number of carbonyl (C=O) groups is 1. The molecule has 0 radical (unpaired) electrons. The summed E-state index contributed by atoms with van der Waals surface area (Å²) >= 11 is 3.55. The topological polar surface area (TPSA) is 59.0 Å². The van der Waals surface area contributed by atoms with Crippen LogP contribution in [0.5, 0.6) is 0 Å². The lowest BCUT2D eigenvalue weighted by molar-refractivity contribution is -0.0690. The maximum absolute atomic E-state index is 10.9. The molecule has 6 heteroatoms. The summed E-state index contributed by atoms with van der Waals surface area (Å²) in [6, 6.07) is 0. The summed E-state index contributed by atoms with van der Waals surface area (Å²) in [5.74, 6) is 1.49. The van der Waals surface area contributed by atoms with Crippen LogP contribution < -0.4 is 0 Å². The van der Waals surface area contributed by atoms with E-state index < -0.39 is 6.09 Å². The van der Waals surface area contributed by atoms with E-state index >= 15 is 0 Å². The third kappa shape index (κ3) is 4.90. The van der Waals surface area contributed by atoms with Gasteiger partial charge in [-0.1, -0.05) is 15.9 Å². The minimum atomic E-state index is -0.869. The van der Waals surface area contributed by atoms with Crippen LogP contribution in [-0.2, 0) is 9.47 Å². The van der Waals surface area contributed by atoms with Gasteiger partial charge in [-0.3, -0.25) is 0 Å². The summed E-state index contributed by atoms with van der Waals surface area (Å²) in [7, 11) is 0. The van der Waals surface area contributed by atoms with Crippen LogP contribution in [0.25, 0.3) is 0 Å². The highest BCUT2D eigenvalue weighted by Crippen LogP contribution is 2.29. The Kier molecular flexibility index (Phi) is 6.58. The van der Waals surface area contributed by atoms with Crippen LogP contribution in [0.1, 0.15) is 25.7 Å². The largest absolute Gasteiger partial charge is 0.465 e. The highest BCUT2D eigenvalue weighted by Gasteiger charge is 2.25. The van der Waals surface area contributed by atoms with Gasteiger partial charge in [-0.05, 0) is 37.5 Å². The molecule has 1 aliphatic heterocycles. The van der Waals surface area contributed by atoms with Crippen molar-refractivity contribution in [2.75, 3.05) is 38.2 Å². The van der Waals surface area contributed by atoms with Crippen molar-refractivity contribution in [3.63, 3.8) is 0 Å². The monoisotopic (exact) mass is 349 g/mol. The molecule has 0 aromatic heterocycles. The SMILES string of the molecule is O=C(O)N1CCOC(COCC2CCC(CBr)CC2)C1. The quantitative estimate of drug-likeness (QED) is 0.775. The van der Waals surface area contributed by atoms with E-state index in [9.17, 15) is 4.79 Å². The lowest BCUT2D eigenvalue weighted by atomic mass is 9.83. The number of morpholine rings is 1. The third-order valence-corrected chi connectivity index (χ3v) is 5.17. The summed E-state index contributed by atoms with van der Waals surface area (Å²) in [6.07, 6.45) is 4.06. The second kappa shape index (κ2) is 8.20. The number of nitrogens with zero attached hydrogens (tertiary/aromatic N) is 1. The van der Waals surface area contributed by atoms with Crippen LogP contribution in [0.3, 0.4) is 0 Å². The first-order chi connectivity index (χ1) is 9.69. The van der Waals surface area contributed by atoms with Gasteiger partial charge in [0.25, 0.3) is 0 Å². The predicted octanol–water partition coefficient (Wildman–Crippen LogP) is 2.58.